The van der Waals surface area contributed by atoms with Gasteiger partial charge < -0.3 is 0 Å². The average molecular weight is 226 g/mol. The van der Waals surface area contributed by atoms with Crippen LogP contribution < -0.4 is 0 Å². The number of hydrogen-bond acceptors (Lipinski definition) is 0. The highest BCUT2D eigenvalue weighted by molar-refractivity contribution is 4.66. The summed E-state index contributed by atoms with van der Waals surface area (Å²) in [6, 6.07) is 0. The highest BCUT2D eigenvalue weighted by Gasteiger charge is 2.14. The summed E-state index contributed by atoms with van der Waals surface area (Å²) in [4.78, 5) is 0. The van der Waals surface area contributed by atoms with Crippen molar-refractivity contribution < 1.29 is 0 Å². The molecule has 0 fully saturated rings. The third-order valence-electron chi connectivity index (χ3n) is 4.30. The lowest BCUT2D eigenvalue weighted by molar-refractivity contribution is 0.292. The molecule has 0 aromatic rings. The molecule has 0 aromatic heterocycles. The van der Waals surface area contributed by atoms with Gasteiger partial charge in [-0.1, -0.05) is 73.6 Å². The molecule has 0 aliphatic rings. The summed E-state index contributed by atoms with van der Waals surface area (Å²) in [6.07, 6.45) is 8.48. The summed E-state index contributed by atoms with van der Waals surface area (Å²) in [7, 11) is 0. The fraction of sp³-hybridized carbons (Fsp3) is 1.00. The molecule has 3 atom stereocenters. The Kier molecular flexibility index (Phi) is 9.07. The minimum atomic E-state index is 0.853. The molecule has 0 aliphatic carbocycles. The molecule has 0 heteroatoms. The lowest BCUT2D eigenvalue weighted by Gasteiger charge is -2.23. The van der Waals surface area contributed by atoms with Crippen LogP contribution in [0.4, 0.5) is 0 Å². The molecule has 0 spiro atoms. The van der Waals surface area contributed by atoms with E-state index in [4.69, 9.17) is 0 Å². The molecule has 0 N–H and O–H groups in total. The first-order chi connectivity index (χ1) is 7.51. The Labute approximate surface area is 104 Å². The van der Waals surface area contributed by atoms with E-state index in [9.17, 15) is 0 Å². The molecule has 0 aliphatic heterocycles. The Morgan fingerprint density at radius 1 is 0.812 bits per heavy atom. The highest BCUT2D eigenvalue weighted by Crippen LogP contribution is 2.27. The molecule has 16 heavy (non-hydrogen) atoms. The van der Waals surface area contributed by atoms with Crippen molar-refractivity contribution in [1.82, 2.24) is 0 Å². The van der Waals surface area contributed by atoms with Crippen LogP contribution in [0.5, 0.6) is 0 Å². The normalized spacial score (nSPS) is 17.4. The van der Waals surface area contributed by atoms with Gasteiger partial charge in [0, 0.05) is 0 Å². The van der Waals surface area contributed by atoms with Crippen LogP contribution >= 0.6 is 0 Å². The minimum absolute atomic E-state index is 0.853. The Morgan fingerprint density at radius 2 is 1.44 bits per heavy atom. The Hall–Kier alpha value is 0. The number of hydrogen-bond donors (Lipinski definition) is 0. The Balaban J connectivity index is 3.93. The van der Waals surface area contributed by atoms with Crippen molar-refractivity contribution in [1.29, 1.82) is 0 Å². The predicted molar refractivity (Wildman–Crippen MR) is 75.7 cm³/mol. The van der Waals surface area contributed by atoms with Crippen LogP contribution in [-0.4, -0.2) is 0 Å². The lowest BCUT2D eigenvalue weighted by Crippen LogP contribution is -2.10. The minimum Gasteiger partial charge on any atom is -0.0654 e. The third-order valence-corrected chi connectivity index (χ3v) is 4.30. The van der Waals surface area contributed by atoms with Gasteiger partial charge in [0.25, 0.3) is 0 Å². The van der Waals surface area contributed by atoms with Gasteiger partial charge in [-0.15, -0.1) is 0 Å². The maximum absolute atomic E-state index is 2.41. The van der Waals surface area contributed by atoms with Crippen LogP contribution in [0, 0.1) is 23.7 Å². The highest BCUT2D eigenvalue weighted by atomic mass is 14.2. The van der Waals surface area contributed by atoms with E-state index in [0.717, 1.165) is 23.7 Å². The SMILES string of the molecule is CCCC(CCC(C)C(C)C)CC(C)CC. The summed E-state index contributed by atoms with van der Waals surface area (Å²) >= 11 is 0. The maximum atomic E-state index is 2.41. The van der Waals surface area contributed by atoms with Crippen molar-refractivity contribution in [2.75, 3.05) is 0 Å². The summed E-state index contributed by atoms with van der Waals surface area (Å²) in [5, 5.41) is 0. The van der Waals surface area contributed by atoms with Gasteiger partial charge in [-0.05, 0) is 30.1 Å². The zero-order valence-corrected chi connectivity index (χ0v) is 12.6. The second kappa shape index (κ2) is 9.07. The van der Waals surface area contributed by atoms with Gasteiger partial charge in [-0.25, -0.2) is 0 Å². The quantitative estimate of drug-likeness (QED) is 0.458. The second-order valence-electron chi connectivity index (χ2n) is 6.20. The van der Waals surface area contributed by atoms with Crippen LogP contribution in [0.2, 0.25) is 0 Å². The summed E-state index contributed by atoms with van der Waals surface area (Å²) in [6.45, 7) is 14.2. The molecule has 3 unspecified atom stereocenters. The molecule has 0 radical (unpaired) electrons. The van der Waals surface area contributed by atoms with Gasteiger partial charge in [0.2, 0.25) is 0 Å². The fourth-order valence-electron chi connectivity index (χ4n) is 2.36. The van der Waals surface area contributed by atoms with Crippen molar-refractivity contribution in [2.45, 2.75) is 80.1 Å². The molecule has 0 amide bonds. The average Bonchev–Trinajstić information content (AvgIpc) is 2.25. The van der Waals surface area contributed by atoms with Crippen molar-refractivity contribution in [2.24, 2.45) is 23.7 Å². The van der Waals surface area contributed by atoms with E-state index in [1.807, 2.05) is 0 Å². The van der Waals surface area contributed by atoms with E-state index in [2.05, 4.69) is 41.5 Å². The standard InChI is InChI=1S/C16H34/c1-7-9-16(12-14(5)8-2)11-10-15(6)13(3)4/h13-16H,7-12H2,1-6H3. The lowest BCUT2D eigenvalue weighted by atomic mass is 9.83. The fourth-order valence-corrected chi connectivity index (χ4v) is 2.36. The molecule has 98 valence electrons. The van der Waals surface area contributed by atoms with E-state index in [0.29, 0.717) is 0 Å². The Bertz CT molecular complexity index is 148. The molecule has 0 bridgehead atoms. The van der Waals surface area contributed by atoms with Crippen LogP contribution in [0.25, 0.3) is 0 Å². The first kappa shape index (κ1) is 16.0. The second-order valence-corrected chi connectivity index (χ2v) is 6.20. The number of rotatable bonds is 9. The molecule has 0 aromatic carbocycles. The summed E-state index contributed by atoms with van der Waals surface area (Å²) in [5.74, 6) is 3.66. The third kappa shape index (κ3) is 7.30. The first-order valence-electron chi connectivity index (χ1n) is 7.51. The molecular weight excluding hydrogens is 192 g/mol. The topological polar surface area (TPSA) is 0 Å². The van der Waals surface area contributed by atoms with Gasteiger partial charge in [0.1, 0.15) is 0 Å². The zero-order chi connectivity index (χ0) is 12.6. The maximum Gasteiger partial charge on any atom is -0.0412 e. The van der Waals surface area contributed by atoms with Crippen molar-refractivity contribution in [3.05, 3.63) is 0 Å². The first-order valence-corrected chi connectivity index (χ1v) is 7.51. The molecule has 0 nitrogen and oxygen atoms in total. The van der Waals surface area contributed by atoms with Gasteiger partial charge in [-0.2, -0.15) is 0 Å². The largest absolute Gasteiger partial charge is 0.0654 e. The molecular formula is C16H34. The van der Waals surface area contributed by atoms with Crippen LogP contribution in [0.1, 0.15) is 80.1 Å². The predicted octanol–water partition coefficient (Wildman–Crippen LogP) is 5.91. The van der Waals surface area contributed by atoms with Gasteiger partial charge >= 0.3 is 0 Å². The summed E-state index contributed by atoms with van der Waals surface area (Å²) < 4.78 is 0. The van der Waals surface area contributed by atoms with Gasteiger partial charge in [0.05, 0.1) is 0 Å². The zero-order valence-electron chi connectivity index (χ0n) is 12.6. The van der Waals surface area contributed by atoms with Gasteiger partial charge in [0.15, 0.2) is 0 Å². The van der Waals surface area contributed by atoms with Crippen LogP contribution in [0.15, 0.2) is 0 Å². The molecule has 0 heterocycles. The van der Waals surface area contributed by atoms with E-state index >= 15 is 0 Å². The molecule has 0 saturated carbocycles. The van der Waals surface area contributed by atoms with Crippen LogP contribution in [0.3, 0.4) is 0 Å². The van der Waals surface area contributed by atoms with Crippen molar-refractivity contribution in [3.8, 4) is 0 Å². The Morgan fingerprint density at radius 3 is 1.88 bits per heavy atom. The molecule has 0 rings (SSSR count). The smallest absolute Gasteiger partial charge is 0.0412 e. The summed E-state index contributed by atoms with van der Waals surface area (Å²) in [5.41, 5.74) is 0. The van der Waals surface area contributed by atoms with E-state index in [1.54, 1.807) is 0 Å². The monoisotopic (exact) mass is 226 g/mol. The van der Waals surface area contributed by atoms with Crippen LogP contribution in [-0.2, 0) is 0 Å². The van der Waals surface area contributed by atoms with Crippen molar-refractivity contribution >= 4 is 0 Å². The van der Waals surface area contributed by atoms with E-state index in [1.165, 1.54) is 38.5 Å². The molecule has 0 saturated heterocycles. The van der Waals surface area contributed by atoms with E-state index in [-0.39, 0.29) is 0 Å². The van der Waals surface area contributed by atoms with E-state index < -0.39 is 0 Å². The van der Waals surface area contributed by atoms with Gasteiger partial charge in [-0.3, -0.25) is 0 Å². The van der Waals surface area contributed by atoms with Crippen molar-refractivity contribution in [3.63, 3.8) is 0 Å².